The molecule has 5 aromatic rings. The van der Waals surface area contributed by atoms with Crippen molar-refractivity contribution in [3.05, 3.63) is 89.5 Å². The predicted molar refractivity (Wildman–Crippen MR) is 140 cm³/mol. The number of aromatic nitrogens is 3. The minimum absolute atomic E-state index is 0.293. The molecular formula is C28H27N5O3. The lowest BCUT2D eigenvalue weighted by atomic mass is 10.1. The molecule has 3 N–H and O–H groups in total. The number of rotatable bonds is 8. The molecule has 5 rings (SSSR count). The van der Waals surface area contributed by atoms with Gasteiger partial charge in [-0.2, -0.15) is 0 Å². The van der Waals surface area contributed by atoms with Crippen molar-refractivity contribution in [2.75, 3.05) is 20.0 Å². The number of carbonyl (C=O) groups is 1. The van der Waals surface area contributed by atoms with Gasteiger partial charge in [0.05, 0.1) is 25.3 Å². The number of hydrogen-bond acceptors (Lipinski definition) is 6. The minimum atomic E-state index is -0.309. The third kappa shape index (κ3) is 4.40. The van der Waals surface area contributed by atoms with E-state index in [0.29, 0.717) is 53.3 Å². The molecule has 0 bridgehead atoms. The number of fused-ring (bicyclic) bond motifs is 2. The van der Waals surface area contributed by atoms with Crippen LogP contribution >= 0.6 is 0 Å². The number of aryl methyl sites for hydroxylation is 2. The van der Waals surface area contributed by atoms with E-state index in [9.17, 15) is 4.79 Å². The van der Waals surface area contributed by atoms with Crippen LogP contribution in [0.4, 0.5) is 5.82 Å². The highest BCUT2D eigenvalue weighted by Gasteiger charge is 2.24. The molecule has 182 valence electrons. The Morgan fingerprint density at radius 2 is 1.61 bits per heavy atom. The average Bonchev–Trinajstić information content (AvgIpc) is 3.19. The van der Waals surface area contributed by atoms with Crippen molar-refractivity contribution in [3.8, 4) is 11.5 Å². The third-order valence-corrected chi connectivity index (χ3v) is 6.23. The van der Waals surface area contributed by atoms with E-state index in [1.165, 1.54) is 0 Å². The Hall–Kier alpha value is -4.59. The zero-order valence-corrected chi connectivity index (χ0v) is 20.2. The number of nitrogens with two attached hydrogens (primary N) is 1. The number of ether oxygens (including phenoxy) is 2. The summed E-state index contributed by atoms with van der Waals surface area (Å²) in [5.41, 5.74) is 11.4. The Bertz CT molecular complexity index is 1540. The van der Waals surface area contributed by atoms with Crippen molar-refractivity contribution in [1.82, 2.24) is 19.9 Å². The average molecular weight is 482 g/mol. The number of nitrogens with one attached hydrogen (secondary N) is 1. The second-order valence-corrected chi connectivity index (χ2v) is 8.39. The summed E-state index contributed by atoms with van der Waals surface area (Å²) in [5, 5.41) is 2.98. The number of amides is 1. The first-order valence-corrected chi connectivity index (χ1v) is 11.7. The first-order chi connectivity index (χ1) is 17.6. The maximum atomic E-state index is 13.4. The van der Waals surface area contributed by atoms with Crippen LogP contribution in [0.5, 0.6) is 11.5 Å². The van der Waals surface area contributed by atoms with E-state index < -0.39 is 0 Å². The number of para-hydroxylation sites is 3. The summed E-state index contributed by atoms with van der Waals surface area (Å²) in [5.74, 6) is 1.54. The van der Waals surface area contributed by atoms with Crippen LogP contribution in [0.15, 0.2) is 72.8 Å². The number of anilines is 1. The molecule has 0 aliphatic rings. The second kappa shape index (κ2) is 9.95. The number of hydrogen-bond donors (Lipinski definition) is 2. The van der Waals surface area contributed by atoms with Crippen LogP contribution < -0.4 is 20.5 Å². The smallest absolute Gasteiger partial charge is 0.257 e. The lowest BCUT2D eigenvalue weighted by Crippen LogP contribution is -2.24. The summed E-state index contributed by atoms with van der Waals surface area (Å²) >= 11 is 0. The van der Waals surface area contributed by atoms with Crippen LogP contribution in [0, 0.1) is 0 Å². The van der Waals surface area contributed by atoms with Gasteiger partial charge in [-0.15, -0.1) is 0 Å². The van der Waals surface area contributed by atoms with Crippen LogP contribution in [0.2, 0.25) is 0 Å². The molecule has 36 heavy (non-hydrogen) atoms. The molecule has 0 atom stereocenters. The summed E-state index contributed by atoms with van der Waals surface area (Å²) in [6.07, 6.45) is 0.703. The van der Waals surface area contributed by atoms with E-state index in [4.69, 9.17) is 25.2 Å². The molecule has 0 aliphatic carbocycles. The maximum absolute atomic E-state index is 13.4. The molecule has 0 spiro atoms. The molecular weight excluding hydrogens is 454 g/mol. The van der Waals surface area contributed by atoms with Crippen LogP contribution in [-0.4, -0.2) is 34.7 Å². The number of nitrogen functional groups attached to an aromatic ring is 1. The Balaban J connectivity index is 1.51. The van der Waals surface area contributed by atoms with E-state index in [0.717, 1.165) is 22.4 Å². The van der Waals surface area contributed by atoms with Gasteiger partial charge in [-0.05, 0) is 42.3 Å². The molecule has 0 saturated heterocycles. The van der Waals surface area contributed by atoms with Crippen LogP contribution in [0.3, 0.4) is 0 Å². The molecule has 3 aromatic carbocycles. The van der Waals surface area contributed by atoms with Crippen molar-refractivity contribution in [3.63, 3.8) is 0 Å². The van der Waals surface area contributed by atoms with Gasteiger partial charge in [-0.25, -0.2) is 9.97 Å². The molecule has 8 heteroatoms. The van der Waals surface area contributed by atoms with E-state index in [2.05, 4.69) is 5.32 Å². The van der Waals surface area contributed by atoms with E-state index in [1.54, 1.807) is 14.2 Å². The first-order valence-electron chi connectivity index (χ1n) is 11.7. The lowest BCUT2D eigenvalue weighted by Gasteiger charge is -2.10. The molecule has 0 radical (unpaired) electrons. The number of carbonyl (C=O) groups excluding carboxylic acids is 1. The molecule has 0 unspecified atom stereocenters. The van der Waals surface area contributed by atoms with E-state index >= 15 is 0 Å². The normalized spacial score (nSPS) is 11.1. The zero-order valence-electron chi connectivity index (χ0n) is 20.2. The SMILES string of the molecule is COc1ccc(CCn2c(N)c(C(=O)NCc3ccccc3OC)c3nc4ccccc4nc32)cc1. The number of nitrogens with zero attached hydrogens (tertiary/aromatic N) is 3. The number of methoxy groups -OCH3 is 2. The lowest BCUT2D eigenvalue weighted by molar-refractivity contribution is 0.0953. The minimum Gasteiger partial charge on any atom is -0.497 e. The Morgan fingerprint density at radius 3 is 2.33 bits per heavy atom. The quantitative estimate of drug-likeness (QED) is 0.341. The Kier molecular flexibility index (Phi) is 6.40. The predicted octanol–water partition coefficient (Wildman–Crippen LogP) is 4.36. The summed E-state index contributed by atoms with van der Waals surface area (Å²) in [4.78, 5) is 23.0. The molecule has 2 aromatic heterocycles. The fraction of sp³-hybridized carbons (Fsp3) is 0.179. The fourth-order valence-electron chi connectivity index (χ4n) is 4.31. The second-order valence-electron chi connectivity index (χ2n) is 8.39. The van der Waals surface area contributed by atoms with Gasteiger partial charge in [0.15, 0.2) is 5.65 Å². The fourth-order valence-corrected chi connectivity index (χ4v) is 4.31. The topological polar surface area (TPSA) is 104 Å². The molecule has 1 amide bonds. The van der Waals surface area contributed by atoms with Crippen LogP contribution in [-0.2, 0) is 19.5 Å². The van der Waals surface area contributed by atoms with E-state index in [1.807, 2.05) is 77.4 Å². The molecule has 0 fully saturated rings. The molecule has 8 nitrogen and oxygen atoms in total. The highest BCUT2D eigenvalue weighted by Crippen LogP contribution is 2.29. The Labute approximate surface area is 208 Å². The van der Waals surface area contributed by atoms with Gasteiger partial charge in [0.1, 0.15) is 28.4 Å². The molecule has 0 saturated carbocycles. The van der Waals surface area contributed by atoms with Gasteiger partial charge in [-0.1, -0.05) is 42.5 Å². The van der Waals surface area contributed by atoms with Gasteiger partial charge in [-0.3, -0.25) is 4.79 Å². The van der Waals surface area contributed by atoms with Crippen LogP contribution in [0.1, 0.15) is 21.5 Å². The monoisotopic (exact) mass is 481 g/mol. The molecule has 2 heterocycles. The molecule has 0 aliphatic heterocycles. The van der Waals surface area contributed by atoms with Crippen molar-refractivity contribution >= 4 is 33.9 Å². The van der Waals surface area contributed by atoms with Gasteiger partial charge in [0, 0.05) is 18.7 Å². The summed E-state index contributed by atoms with van der Waals surface area (Å²) in [7, 11) is 3.25. The van der Waals surface area contributed by atoms with Gasteiger partial charge < -0.3 is 25.1 Å². The number of benzene rings is 3. The van der Waals surface area contributed by atoms with Gasteiger partial charge in [0.2, 0.25) is 0 Å². The summed E-state index contributed by atoms with van der Waals surface area (Å²) < 4.78 is 12.5. The first kappa shape index (κ1) is 23.2. The van der Waals surface area contributed by atoms with E-state index in [-0.39, 0.29) is 5.91 Å². The highest BCUT2D eigenvalue weighted by atomic mass is 16.5. The third-order valence-electron chi connectivity index (χ3n) is 6.23. The summed E-state index contributed by atoms with van der Waals surface area (Å²) in [6, 6.07) is 23.0. The van der Waals surface area contributed by atoms with Crippen molar-refractivity contribution < 1.29 is 14.3 Å². The van der Waals surface area contributed by atoms with Crippen LogP contribution in [0.25, 0.3) is 22.2 Å². The largest absolute Gasteiger partial charge is 0.497 e. The van der Waals surface area contributed by atoms with Crippen molar-refractivity contribution in [2.45, 2.75) is 19.5 Å². The zero-order chi connectivity index (χ0) is 25.1. The van der Waals surface area contributed by atoms with Crippen molar-refractivity contribution in [2.24, 2.45) is 0 Å². The summed E-state index contributed by atoms with van der Waals surface area (Å²) in [6.45, 7) is 0.837. The van der Waals surface area contributed by atoms with Gasteiger partial charge >= 0.3 is 0 Å². The Morgan fingerprint density at radius 1 is 0.917 bits per heavy atom. The van der Waals surface area contributed by atoms with Crippen molar-refractivity contribution in [1.29, 1.82) is 0 Å². The maximum Gasteiger partial charge on any atom is 0.257 e. The highest BCUT2D eigenvalue weighted by molar-refractivity contribution is 6.10. The standard InChI is InChI=1S/C28H27N5O3/c1-35-20-13-11-18(12-14-20)15-16-33-26(29)24(25-27(33)32-22-9-5-4-8-21(22)31-25)28(34)30-17-19-7-3-6-10-23(19)36-2/h3-14H,15-17,29H2,1-2H3,(H,30,34). The van der Waals surface area contributed by atoms with Gasteiger partial charge in [0.25, 0.3) is 5.91 Å².